The maximum Gasteiger partial charge on any atom is 0.170 e. The Kier molecular flexibility index (Phi) is 3.70. The summed E-state index contributed by atoms with van der Waals surface area (Å²) in [5, 5.41) is 14.6. The first-order chi connectivity index (χ1) is 8.26. The number of ether oxygens (including phenoxy) is 1. The third-order valence-corrected chi connectivity index (χ3v) is 2.87. The Labute approximate surface area is 107 Å². The number of methoxy groups -OCH3 is 1. The molecular weight excluding hydrogens is 286 g/mol. The molecule has 0 aliphatic rings. The van der Waals surface area contributed by atoms with Crippen LogP contribution in [0.4, 0.5) is 0 Å². The number of nitrogens with zero attached hydrogens (tertiary/aromatic N) is 4. The van der Waals surface area contributed by atoms with E-state index in [-0.39, 0.29) is 0 Å². The first-order valence-electron chi connectivity index (χ1n) is 5.02. The molecule has 0 spiro atoms. The lowest BCUT2D eigenvalue weighted by atomic mass is 10.3. The number of benzene rings is 1. The predicted octanol–water partition coefficient (Wildman–Crippen LogP) is 1.15. The van der Waals surface area contributed by atoms with Crippen molar-refractivity contribution in [1.29, 1.82) is 0 Å². The molecule has 0 atom stereocenters. The van der Waals surface area contributed by atoms with Gasteiger partial charge in [0.2, 0.25) is 0 Å². The summed E-state index contributed by atoms with van der Waals surface area (Å²) in [6.45, 7) is 0.608. The van der Waals surface area contributed by atoms with Crippen LogP contribution >= 0.6 is 15.9 Å². The lowest BCUT2D eigenvalue weighted by Crippen LogP contribution is -2.12. The molecule has 1 heterocycles. The Morgan fingerprint density at radius 3 is 2.94 bits per heavy atom. The first-order valence-corrected chi connectivity index (χ1v) is 5.81. The van der Waals surface area contributed by atoms with E-state index < -0.39 is 0 Å². The van der Waals surface area contributed by atoms with Gasteiger partial charge in [-0.05, 0) is 51.6 Å². The molecule has 0 bridgehead atoms. The van der Waals surface area contributed by atoms with Crippen molar-refractivity contribution in [2.24, 2.45) is 0 Å². The van der Waals surface area contributed by atoms with Crippen molar-refractivity contribution in [2.75, 3.05) is 14.2 Å². The molecule has 0 aliphatic carbocycles. The van der Waals surface area contributed by atoms with Crippen LogP contribution in [0.5, 0.6) is 5.75 Å². The molecule has 1 N–H and O–H groups in total. The van der Waals surface area contributed by atoms with E-state index in [0.29, 0.717) is 6.54 Å². The number of tetrazole rings is 1. The number of halogens is 1. The van der Waals surface area contributed by atoms with E-state index in [2.05, 4.69) is 36.8 Å². The van der Waals surface area contributed by atoms with Gasteiger partial charge in [0.05, 0.1) is 23.8 Å². The molecular formula is C10H12BrN5O. The molecule has 90 valence electrons. The molecule has 0 saturated heterocycles. The molecule has 17 heavy (non-hydrogen) atoms. The van der Waals surface area contributed by atoms with Gasteiger partial charge in [-0.3, -0.25) is 0 Å². The van der Waals surface area contributed by atoms with E-state index in [1.807, 2.05) is 25.2 Å². The van der Waals surface area contributed by atoms with Gasteiger partial charge in [-0.2, -0.15) is 4.68 Å². The highest BCUT2D eigenvalue weighted by molar-refractivity contribution is 9.10. The minimum atomic E-state index is 0.608. The average molecular weight is 298 g/mol. The second-order valence-corrected chi connectivity index (χ2v) is 4.21. The van der Waals surface area contributed by atoms with Crippen molar-refractivity contribution in [1.82, 2.24) is 25.5 Å². The quantitative estimate of drug-likeness (QED) is 0.917. The molecule has 0 aliphatic heterocycles. The summed E-state index contributed by atoms with van der Waals surface area (Å²) in [6.07, 6.45) is 0. The lowest BCUT2D eigenvalue weighted by Gasteiger charge is -2.07. The molecule has 2 rings (SSSR count). The summed E-state index contributed by atoms with van der Waals surface area (Å²) in [7, 11) is 3.48. The Bertz CT molecular complexity index is 513. The summed E-state index contributed by atoms with van der Waals surface area (Å²) in [4.78, 5) is 0. The lowest BCUT2D eigenvalue weighted by molar-refractivity contribution is 0.412. The second-order valence-electron chi connectivity index (χ2n) is 3.36. The largest absolute Gasteiger partial charge is 0.496 e. The highest BCUT2D eigenvalue weighted by atomic mass is 79.9. The zero-order valence-electron chi connectivity index (χ0n) is 9.51. The fourth-order valence-corrected chi connectivity index (χ4v) is 1.99. The van der Waals surface area contributed by atoms with Crippen LogP contribution in [0.15, 0.2) is 22.7 Å². The number of nitrogens with one attached hydrogen (secondary N) is 1. The van der Waals surface area contributed by atoms with Gasteiger partial charge >= 0.3 is 0 Å². The van der Waals surface area contributed by atoms with Gasteiger partial charge in [-0.15, -0.1) is 5.10 Å². The van der Waals surface area contributed by atoms with Crippen LogP contribution in [0.2, 0.25) is 0 Å². The summed E-state index contributed by atoms with van der Waals surface area (Å²) < 4.78 is 7.72. The normalized spacial score (nSPS) is 10.5. The Morgan fingerprint density at radius 2 is 2.29 bits per heavy atom. The molecule has 6 nitrogen and oxygen atoms in total. The van der Waals surface area contributed by atoms with Crippen molar-refractivity contribution in [3.63, 3.8) is 0 Å². The van der Waals surface area contributed by atoms with Crippen molar-refractivity contribution < 1.29 is 4.74 Å². The molecule has 2 aromatic rings. The number of hydrogen-bond acceptors (Lipinski definition) is 5. The highest BCUT2D eigenvalue weighted by Gasteiger charge is 2.09. The van der Waals surface area contributed by atoms with Gasteiger partial charge < -0.3 is 10.1 Å². The number of aromatic nitrogens is 4. The standard InChI is InChI=1S/C10H12BrN5O/c1-12-6-10-13-14-15-16(10)7-3-4-9(17-2)8(11)5-7/h3-5,12H,6H2,1-2H3. The van der Waals surface area contributed by atoms with Gasteiger partial charge in [0.15, 0.2) is 5.82 Å². The van der Waals surface area contributed by atoms with Crippen LogP contribution in [0.1, 0.15) is 5.82 Å². The van der Waals surface area contributed by atoms with Crippen molar-refractivity contribution in [3.05, 3.63) is 28.5 Å². The first kappa shape index (κ1) is 12.0. The summed E-state index contributed by atoms with van der Waals surface area (Å²) in [5.74, 6) is 1.53. The summed E-state index contributed by atoms with van der Waals surface area (Å²) in [5.41, 5.74) is 0.882. The van der Waals surface area contributed by atoms with Crippen LogP contribution in [0.3, 0.4) is 0 Å². The smallest absolute Gasteiger partial charge is 0.170 e. The number of hydrogen-bond donors (Lipinski definition) is 1. The average Bonchev–Trinajstić information content (AvgIpc) is 2.78. The minimum absolute atomic E-state index is 0.608. The van der Waals surface area contributed by atoms with E-state index in [1.165, 1.54) is 0 Å². The minimum Gasteiger partial charge on any atom is -0.496 e. The fraction of sp³-hybridized carbons (Fsp3) is 0.300. The molecule has 0 saturated carbocycles. The van der Waals surface area contributed by atoms with Gasteiger partial charge in [0.1, 0.15) is 5.75 Å². The van der Waals surface area contributed by atoms with E-state index >= 15 is 0 Å². The molecule has 1 aromatic carbocycles. The predicted molar refractivity (Wildman–Crippen MR) is 66.2 cm³/mol. The van der Waals surface area contributed by atoms with Crippen LogP contribution in [0.25, 0.3) is 5.69 Å². The summed E-state index contributed by atoms with van der Waals surface area (Å²) >= 11 is 3.43. The zero-order chi connectivity index (χ0) is 12.3. The zero-order valence-corrected chi connectivity index (χ0v) is 11.1. The van der Waals surface area contributed by atoms with Crippen LogP contribution in [0, 0.1) is 0 Å². The highest BCUT2D eigenvalue weighted by Crippen LogP contribution is 2.26. The van der Waals surface area contributed by atoms with Crippen LogP contribution in [-0.4, -0.2) is 34.4 Å². The third kappa shape index (κ3) is 2.45. The Morgan fingerprint density at radius 1 is 1.47 bits per heavy atom. The third-order valence-electron chi connectivity index (χ3n) is 2.25. The molecule has 0 amide bonds. The topological polar surface area (TPSA) is 64.9 Å². The van der Waals surface area contributed by atoms with E-state index in [9.17, 15) is 0 Å². The molecule has 1 aromatic heterocycles. The van der Waals surface area contributed by atoms with Gasteiger partial charge in [0.25, 0.3) is 0 Å². The fourth-order valence-electron chi connectivity index (χ4n) is 1.46. The molecule has 0 unspecified atom stereocenters. The molecule has 0 fully saturated rings. The molecule has 7 heteroatoms. The van der Waals surface area contributed by atoms with Gasteiger partial charge in [0, 0.05) is 0 Å². The SMILES string of the molecule is CNCc1nnnn1-c1ccc(OC)c(Br)c1. The van der Waals surface area contributed by atoms with Crippen molar-refractivity contribution in [2.45, 2.75) is 6.54 Å². The second kappa shape index (κ2) is 5.24. The molecule has 0 radical (unpaired) electrons. The van der Waals surface area contributed by atoms with Gasteiger partial charge in [-0.25, -0.2) is 0 Å². The van der Waals surface area contributed by atoms with E-state index in [0.717, 1.165) is 21.7 Å². The Hall–Kier alpha value is -1.47. The number of rotatable bonds is 4. The monoisotopic (exact) mass is 297 g/mol. The maximum atomic E-state index is 5.17. The summed E-state index contributed by atoms with van der Waals surface area (Å²) in [6, 6.07) is 5.68. The van der Waals surface area contributed by atoms with Gasteiger partial charge in [-0.1, -0.05) is 0 Å². The van der Waals surface area contributed by atoms with Crippen molar-refractivity contribution in [3.8, 4) is 11.4 Å². The van der Waals surface area contributed by atoms with Crippen molar-refractivity contribution >= 4 is 15.9 Å². The Balaban J connectivity index is 2.39. The van der Waals surface area contributed by atoms with E-state index in [1.54, 1.807) is 11.8 Å². The van der Waals surface area contributed by atoms with E-state index in [4.69, 9.17) is 4.74 Å². The maximum absolute atomic E-state index is 5.17. The van der Waals surface area contributed by atoms with Crippen LogP contribution < -0.4 is 10.1 Å². The van der Waals surface area contributed by atoms with Crippen LogP contribution in [-0.2, 0) is 6.54 Å².